The molecule has 7 aromatic rings. The second-order valence-corrected chi connectivity index (χ2v) is 13.1. The summed E-state index contributed by atoms with van der Waals surface area (Å²) in [7, 11) is 0. The lowest BCUT2D eigenvalue weighted by atomic mass is 10.1. The topological polar surface area (TPSA) is 51.6 Å². The van der Waals surface area contributed by atoms with Crippen molar-refractivity contribution in [3.8, 4) is 20.9 Å². The van der Waals surface area contributed by atoms with E-state index in [-0.39, 0.29) is 0 Å². The van der Waals surface area contributed by atoms with Crippen molar-refractivity contribution in [3.63, 3.8) is 0 Å². The van der Waals surface area contributed by atoms with Crippen LogP contribution in [-0.4, -0.2) is 17.5 Å². The van der Waals surface area contributed by atoms with Gasteiger partial charge in [-0.15, -0.1) is 34.0 Å². The van der Waals surface area contributed by atoms with Gasteiger partial charge in [-0.05, 0) is 85.3 Å². The predicted octanol–water partition coefficient (Wildman–Crippen LogP) is 10.4. The molecule has 0 atom stereocenters. The van der Waals surface area contributed by atoms with Crippen molar-refractivity contribution >= 4 is 111 Å². The van der Waals surface area contributed by atoms with Gasteiger partial charge in [0.15, 0.2) is 0 Å². The van der Waals surface area contributed by atoms with Crippen LogP contribution in [0.1, 0.15) is 4.88 Å². The summed E-state index contributed by atoms with van der Waals surface area (Å²) in [5.41, 5.74) is 6.23. The summed E-state index contributed by atoms with van der Waals surface area (Å²) >= 11 is 14.5. The minimum absolute atomic E-state index is 0.921. The van der Waals surface area contributed by atoms with Crippen LogP contribution in [0.3, 0.4) is 0 Å². The van der Waals surface area contributed by atoms with E-state index in [1.165, 1.54) is 49.2 Å². The van der Waals surface area contributed by atoms with Crippen molar-refractivity contribution in [1.29, 1.82) is 0 Å². The number of aromatic nitrogens is 4. The average molecular weight is 693 g/mol. The van der Waals surface area contributed by atoms with Crippen molar-refractivity contribution in [2.45, 2.75) is 6.92 Å². The number of nitrogens with zero attached hydrogens (tertiary/aromatic N) is 4. The average Bonchev–Trinajstić information content (AvgIpc) is 3.71. The Kier molecular flexibility index (Phi) is 8.68. The smallest absolute Gasteiger partial charge is 0.120 e. The van der Waals surface area contributed by atoms with Crippen molar-refractivity contribution in [3.05, 3.63) is 90.6 Å². The fourth-order valence-electron chi connectivity index (χ4n) is 3.29. The highest BCUT2D eigenvalue weighted by molar-refractivity contribution is 9.11. The van der Waals surface area contributed by atoms with Gasteiger partial charge < -0.3 is 0 Å². The van der Waals surface area contributed by atoms with Crippen LogP contribution in [0.4, 0.5) is 0 Å². The minimum Gasteiger partial charge on any atom is -0.172 e. The molecule has 36 heavy (non-hydrogen) atoms. The molecule has 0 aliphatic rings. The van der Waals surface area contributed by atoms with E-state index in [2.05, 4.69) is 121 Å². The van der Waals surface area contributed by atoms with Crippen molar-refractivity contribution in [2.75, 3.05) is 0 Å². The Morgan fingerprint density at radius 2 is 0.972 bits per heavy atom. The summed E-state index contributed by atoms with van der Waals surface area (Å²) in [4.78, 5) is 3.88. The monoisotopic (exact) mass is 690 g/mol. The summed E-state index contributed by atoms with van der Waals surface area (Å²) in [6.07, 6.45) is 0. The summed E-state index contributed by atoms with van der Waals surface area (Å²) in [5.74, 6) is 0. The molecule has 0 spiro atoms. The molecule has 0 radical (unpaired) electrons. The van der Waals surface area contributed by atoms with E-state index in [4.69, 9.17) is 0 Å². The number of rotatable bonds is 2. The molecular formula is C25H16Br2N4S5. The van der Waals surface area contributed by atoms with E-state index in [1.807, 2.05) is 12.1 Å². The van der Waals surface area contributed by atoms with Crippen LogP contribution in [0.15, 0.2) is 85.7 Å². The second-order valence-electron chi connectivity index (χ2n) is 7.29. The summed E-state index contributed by atoms with van der Waals surface area (Å²) in [6, 6.07) is 20.8. The molecule has 0 saturated carbocycles. The van der Waals surface area contributed by atoms with Gasteiger partial charge in [0.2, 0.25) is 0 Å². The molecule has 4 nitrogen and oxygen atoms in total. The molecule has 11 heteroatoms. The van der Waals surface area contributed by atoms with Gasteiger partial charge in [-0.3, -0.25) is 0 Å². The summed E-state index contributed by atoms with van der Waals surface area (Å²) < 4.78 is 19.2. The van der Waals surface area contributed by atoms with E-state index in [1.54, 1.807) is 34.0 Å². The number of fused-ring (bicyclic) bond motifs is 2. The Bertz CT molecular complexity index is 1570. The number of aryl methyl sites for hydroxylation is 1. The maximum Gasteiger partial charge on any atom is 0.120 e. The number of halogens is 2. The lowest BCUT2D eigenvalue weighted by Crippen LogP contribution is -1.81. The van der Waals surface area contributed by atoms with Crippen LogP contribution in [0.25, 0.3) is 42.9 Å². The van der Waals surface area contributed by atoms with Crippen LogP contribution in [0, 0.1) is 6.92 Å². The second kappa shape index (κ2) is 12.1. The first kappa shape index (κ1) is 25.8. The van der Waals surface area contributed by atoms with Gasteiger partial charge in [0, 0.05) is 34.7 Å². The van der Waals surface area contributed by atoms with Gasteiger partial charge in [-0.25, -0.2) is 0 Å². The Hall–Kier alpha value is -1.86. The highest BCUT2D eigenvalue weighted by Gasteiger charge is 2.14. The maximum absolute atomic E-state index is 4.49. The molecule has 0 unspecified atom stereocenters. The SMILES string of the molecule is Brc1ccc(Br)c2nsnc12.Cc1cccs1.c1csc(-c2ccc(-c3cccs3)c3nsnc23)c1. The molecule has 0 aliphatic carbocycles. The van der Waals surface area contributed by atoms with E-state index in [0.29, 0.717) is 0 Å². The van der Waals surface area contributed by atoms with Gasteiger partial charge in [0.25, 0.3) is 0 Å². The van der Waals surface area contributed by atoms with Crippen molar-refractivity contribution < 1.29 is 0 Å². The van der Waals surface area contributed by atoms with Crippen molar-refractivity contribution in [1.82, 2.24) is 17.5 Å². The fraction of sp³-hybridized carbons (Fsp3) is 0.0400. The van der Waals surface area contributed by atoms with Crippen LogP contribution in [-0.2, 0) is 0 Å². The zero-order chi connectivity index (χ0) is 24.9. The Labute approximate surface area is 245 Å². The minimum atomic E-state index is 0.921. The quantitative estimate of drug-likeness (QED) is 0.181. The third-order valence-corrected chi connectivity index (χ3v) is 9.91. The van der Waals surface area contributed by atoms with Crippen LogP contribution in [0.2, 0.25) is 0 Å². The Morgan fingerprint density at radius 1 is 0.528 bits per heavy atom. The van der Waals surface area contributed by atoms with E-state index in [0.717, 1.165) is 31.0 Å². The van der Waals surface area contributed by atoms with Crippen molar-refractivity contribution in [2.24, 2.45) is 0 Å². The van der Waals surface area contributed by atoms with E-state index < -0.39 is 0 Å². The third-order valence-electron chi connectivity index (χ3n) is 4.97. The molecule has 0 bridgehead atoms. The van der Waals surface area contributed by atoms with Gasteiger partial charge >= 0.3 is 0 Å². The number of benzene rings is 2. The van der Waals surface area contributed by atoms with Gasteiger partial charge in [0.05, 0.1) is 23.5 Å². The normalized spacial score (nSPS) is 10.6. The first-order chi connectivity index (χ1) is 17.6. The Balaban J connectivity index is 0.000000132. The van der Waals surface area contributed by atoms with E-state index in [9.17, 15) is 0 Å². The lowest BCUT2D eigenvalue weighted by molar-refractivity contribution is 1.58. The van der Waals surface area contributed by atoms with Crippen LogP contribution in [0.5, 0.6) is 0 Å². The molecule has 5 heterocycles. The highest BCUT2D eigenvalue weighted by Crippen LogP contribution is 2.37. The van der Waals surface area contributed by atoms with Gasteiger partial charge in [-0.2, -0.15) is 17.5 Å². The number of thiophene rings is 3. The largest absolute Gasteiger partial charge is 0.172 e. The lowest BCUT2D eigenvalue weighted by Gasteiger charge is -2.03. The molecule has 180 valence electrons. The molecule has 0 amide bonds. The number of hydrogen-bond donors (Lipinski definition) is 0. The maximum atomic E-state index is 4.49. The van der Waals surface area contributed by atoms with Gasteiger partial charge in [0.1, 0.15) is 22.1 Å². The fourth-order valence-corrected chi connectivity index (χ4v) is 7.53. The number of hydrogen-bond acceptors (Lipinski definition) is 9. The molecule has 0 N–H and O–H groups in total. The highest BCUT2D eigenvalue weighted by atomic mass is 79.9. The zero-order valence-electron chi connectivity index (χ0n) is 18.6. The molecule has 7 rings (SSSR count). The Morgan fingerprint density at radius 3 is 1.33 bits per heavy atom. The first-order valence-corrected chi connectivity index (χ1v) is 16.2. The molecule has 2 aromatic carbocycles. The zero-order valence-corrected chi connectivity index (χ0v) is 25.8. The first-order valence-electron chi connectivity index (χ1n) is 10.5. The van der Waals surface area contributed by atoms with Gasteiger partial charge in [-0.1, -0.05) is 30.3 Å². The molecule has 0 saturated heterocycles. The molecule has 0 aliphatic heterocycles. The summed E-state index contributed by atoms with van der Waals surface area (Å²) in [6.45, 7) is 2.10. The molecule has 0 fully saturated rings. The summed E-state index contributed by atoms with van der Waals surface area (Å²) in [5, 5.41) is 6.26. The van der Waals surface area contributed by atoms with E-state index >= 15 is 0 Å². The standard InChI is InChI=1S/C14H8N2S3.C6H2Br2N2S.C5H6S/c1-3-11(17-7-1)9-5-6-10(12-4-2-8-18-12)14-13(9)15-19-16-14;7-3-1-2-4(8)6-5(3)9-11-10-6;1-5-3-2-4-6-5/h1-8H;1-2H;2-4H,1H3. The molecular weight excluding hydrogens is 676 g/mol. The van der Waals surface area contributed by atoms with Crippen LogP contribution >= 0.6 is 89.3 Å². The molecule has 5 aromatic heterocycles. The van der Waals surface area contributed by atoms with Crippen LogP contribution < -0.4 is 0 Å². The predicted molar refractivity (Wildman–Crippen MR) is 166 cm³/mol. The third kappa shape index (κ3) is 5.83.